The summed E-state index contributed by atoms with van der Waals surface area (Å²) in [5, 5.41) is 0. The zero-order chi connectivity index (χ0) is 18.8. The van der Waals surface area contributed by atoms with Gasteiger partial charge in [0.25, 0.3) is 0 Å². The third-order valence-electron chi connectivity index (χ3n) is 4.68. The molecule has 0 fully saturated rings. The summed E-state index contributed by atoms with van der Waals surface area (Å²) in [7, 11) is 1.64. The molecule has 0 aliphatic heterocycles. The highest BCUT2D eigenvalue weighted by molar-refractivity contribution is 5.47. The molecule has 3 aromatic carbocycles. The van der Waals surface area contributed by atoms with E-state index in [9.17, 15) is 0 Å². The normalized spacial score (nSPS) is 11.4. The van der Waals surface area contributed by atoms with Crippen LogP contribution in [0.25, 0.3) is 0 Å². The topological polar surface area (TPSA) is 30.5 Å². The molecule has 3 aromatic rings. The standard InChI is InChI=1S/C24H27NO2/c1-26-25-19-11-12-20-27-24(21-13-5-2-6-14-21,22-15-7-3-8-16-22)23-17-9-4-10-18-23/h2-10,13-18,25H,11-12,19-20H2,1H3. The summed E-state index contributed by atoms with van der Waals surface area (Å²) < 4.78 is 6.70. The fraction of sp³-hybridized carbons (Fsp3) is 0.250. The second-order valence-electron chi connectivity index (χ2n) is 6.43. The number of nitrogens with one attached hydrogen (secondary N) is 1. The number of unbranched alkanes of at least 4 members (excludes halogenated alkanes) is 1. The lowest BCUT2D eigenvalue weighted by Gasteiger charge is -2.36. The summed E-state index contributed by atoms with van der Waals surface area (Å²) in [6.45, 7) is 1.47. The fourth-order valence-electron chi connectivity index (χ4n) is 3.40. The maximum Gasteiger partial charge on any atom is 0.143 e. The third kappa shape index (κ3) is 4.64. The van der Waals surface area contributed by atoms with Crippen LogP contribution in [0.5, 0.6) is 0 Å². The maximum absolute atomic E-state index is 6.70. The van der Waals surface area contributed by atoms with Gasteiger partial charge in [0.15, 0.2) is 0 Å². The molecule has 1 N–H and O–H groups in total. The van der Waals surface area contributed by atoms with Crippen molar-refractivity contribution in [3.8, 4) is 0 Å². The van der Waals surface area contributed by atoms with Crippen molar-refractivity contribution in [2.45, 2.75) is 18.4 Å². The second kappa shape index (κ2) is 10.0. The van der Waals surface area contributed by atoms with Crippen LogP contribution in [0.4, 0.5) is 0 Å². The Morgan fingerprint density at radius 1 is 0.667 bits per heavy atom. The molecule has 0 radical (unpaired) electrons. The quantitative estimate of drug-likeness (QED) is 0.316. The molecule has 3 rings (SSSR count). The molecule has 0 saturated carbocycles. The van der Waals surface area contributed by atoms with Gasteiger partial charge in [-0.3, -0.25) is 0 Å². The van der Waals surface area contributed by atoms with Crippen LogP contribution < -0.4 is 5.48 Å². The first kappa shape index (κ1) is 19.3. The minimum Gasteiger partial charge on any atom is -0.361 e. The summed E-state index contributed by atoms with van der Waals surface area (Å²) in [5.41, 5.74) is 5.67. The first-order valence-electron chi connectivity index (χ1n) is 9.44. The largest absolute Gasteiger partial charge is 0.361 e. The van der Waals surface area contributed by atoms with E-state index in [-0.39, 0.29) is 0 Å². The molecule has 0 aromatic heterocycles. The second-order valence-corrected chi connectivity index (χ2v) is 6.43. The minimum atomic E-state index is -0.627. The van der Waals surface area contributed by atoms with Crippen molar-refractivity contribution in [3.05, 3.63) is 108 Å². The van der Waals surface area contributed by atoms with Crippen molar-refractivity contribution in [3.63, 3.8) is 0 Å². The van der Waals surface area contributed by atoms with Gasteiger partial charge >= 0.3 is 0 Å². The molecule has 0 atom stereocenters. The Kier molecular flexibility index (Phi) is 7.17. The Morgan fingerprint density at radius 3 is 1.52 bits per heavy atom. The van der Waals surface area contributed by atoms with E-state index in [1.54, 1.807) is 7.11 Å². The number of hydrogen-bond donors (Lipinski definition) is 1. The van der Waals surface area contributed by atoms with E-state index >= 15 is 0 Å². The van der Waals surface area contributed by atoms with Gasteiger partial charge in [-0.1, -0.05) is 91.0 Å². The van der Waals surface area contributed by atoms with Crippen molar-refractivity contribution < 1.29 is 9.57 Å². The molecular formula is C24H27NO2. The SMILES string of the molecule is CONCCCCOC(c1ccccc1)(c1ccccc1)c1ccccc1. The monoisotopic (exact) mass is 361 g/mol. The smallest absolute Gasteiger partial charge is 0.143 e. The van der Waals surface area contributed by atoms with Crippen LogP contribution in [0.3, 0.4) is 0 Å². The van der Waals surface area contributed by atoms with Crippen LogP contribution in [-0.2, 0) is 15.2 Å². The summed E-state index contributed by atoms with van der Waals surface area (Å²) in [4.78, 5) is 4.91. The lowest BCUT2D eigenvalue weighted by atomic mass is 9.80. The van der Waals surface area contributed by atoms with Crippen LogP contribution in [0.15, 0.2) is 91.0 Å². The number of hydroxylamine groups is 1. The highest BCUT2D eigenvalue weighted by Crippen LogP contribution is 2.40. The summed E-state index contributed by atoms with van der Waals surface area (Å²) >= 11 is 0. The van der Waals surface area contributed by atoms with Gasteiger partial charge in [0, 0.05) is 13.2 Å². The van der Waals surface area contributed by atoms with Gasteiger partial charge in [-0.05, 0) is 29.5 Å². The molecule has 3 nitrogen and oxygen atoms in total. The molecule has 140 valence electrons. The predicted molar refractivity (Wildman–Crippen MR) is 109 cm³/mol. The molecule has 27 heavy (non-hydrogen) atoms. The Morgan fingerprint density at radius 2 is 1.11 bits per heavy atom. The van der Waals surface area contributed by atoms with Crippen molar-refractivity contribution in [1.29, 1.82) is 0 Å². The minimum absolute atomic E-state index is 0.627. The van der Waals surface area contributed by atoms with Gasteiger partial charge in [-0.2, -0.15) is 0 Å². The van der Waals surface area contributed by atoms with Gasteiger partial charge in [-0.15, -0.1) is 0 Å². The Balaban J connectivity index is 1.98. The third-order valence-corrected chi connectivity index (χ3v) is 4.68. The Labute approximate surface area is 161 Å². The van der Waals surface area contributed by atoms with Crippen molar-refractivity contribution >= 4 is 0 Å². The lowest BCUT2D eigenvalue weighted by Crippen LogP contribution is -2.33. The van der Waals surface area contributed by atoms with Crippen LogP contribution in [0.1, 0.15) is 29.5 Å². The van der Waals surface area contributed by atoms with Gasteiger partial charge in [0.05, 0.1) is 7.11 Å². The molecule has 0 spiro atoms. The lowest BCUT2D eigenvalue weighted by molar-refractivity contribution is 0.00905. The average Bonchev–Trinajstić information content (AvgIpc) is 2.75. The van der Waals surface area contributed by atoms with E-state index in [1.807, 2.05) is 18.2 Å². The number of hydrogen-bond acceptors (Lipinski definition) is 3. The van der Waals surface area contributed by atoms with Gasteiger partial charge < -0.3 is 9.57 Å². The summed E-state index contributed by atoms with van der Waals surface area (Å²) in [6, 6.07) is 31.4. The molecule has 0 aliphatic carbocycles. The average molecular weight is 361 g/mol. The van der Waals surface area contributed by atoms with Crippen molar-refractivity contribution in [2.24, 2.45) is 0 Å². The molecule has 3 heteroatoms. The van der Waals surface area contributed by atoms with E-state index in [2.05, 4.69) is 78.3 Å². The van der Waals surface area contributed by atoms with Gasteiger partial charge in [0.2, 0.25) is 0 Å². The number of rotatable bonds is 10. The van der Waals surface area contributed by atoms with Gasteiger partial charge in [0.1, 0.15) is 5.60 Å². The molecule has 0 saturated heterocycles. The van der Waals surface area contributed by atoms with E-state index in [0.29, 0.717) is 6.61 Å². The van der Waals surface area contributed by atoms with Crippen LogP contribution in [-0.4, -0.2) is 20.3 Å². The summed E-state index contributed by atoms with van der Waals surface area (Å²) in [6.07, 6.45) is 1.94. The Hall–Kier alpha value is -2.46. The van der Waals surface area contributed by atoms with Crippen LogP contribution >= 0.6 is 0 Å². The molecule has 0 amide bonds. The Bertz CT molecular complexity index is 679. The fourth-order valence-corrected chi connectivity index (χ4v) is 3.40. The van der Waals surface area contributed by atoms with E-state index in [1.165, 1.54) is 0 Å². The first-order chi connectivity index (χ1) is 13.4. The molecular weight excluding hydrogens is 334 g/mol. The maximum atomic E-state index is 6.70. The van der Waals surface area contributed by atoms with E-state index < -0.39 is 5.60 Å². The molecule has 0 aliphatic rings. The highest BCUT2D eigenvalue weighted by atomic mass is 16.6. The number of benzene rings is 3. The van der Waals surface area contributed by atoms with Gasteiger partial charge in [-0.25, -0.2) is 5.48 Å². The molecule has 0 unspecified atom stereocenters. The van der Waals surface area contributed by atoms with Crippen LogP contribution in [0, 0.1) is 0 Å². The number of ether oxygens (including phenoxy) is 1. The predicted octanol–water partition coefficient (Wildman–Crippen LogP) is 4.93. The van der Waals surface area contributed by atoms with Crippen LogP contribution in [0.2, 0.25) is 0 Å². The molecule has 0 bridgehead atoms. The van der Waals surface area contributed by atoms with E-state index in [0.717, 1.165) is 36.1 Å². The zero-order valence-electron chi connectivity index (χ0n) is 15.8. The molecule has 0 heterocycles. The van der Waals surface area contributed by atoms with E-state index in [4.69, 9.17) is 9.57 Å². The summed E-state index contributed by atoms with van der Waals surface area (Å²) in [5.74, 6) is 0. The first-order valence-corrected chi connectivity index (χ1v) is 9.44. The highest BCUT2D eigenvalue weighted by Gasteiger charge is 2.37. The zero-order valence-corrected chi connectivity index (χ0v) is 15.8. The van der Waals surface area contributed by atoms with Crippen molar-refractivity contribution in [1.82, 2.24) is 5.48 Å². The van der Waals surface area contributed by atoms with Crippen molar-refractivity contribution in [2.75, 3.05) is 20.3 Å².